The van der Waals surface area contributed by atoms with Crippen LogP contribution >= 0.6 is 15.9 Å². The predicted molar refractivity (Wildman–Crippen MR) is 102 cm³/mol. The number of halogens is 1. The van der Waals surface area contributed by atoms with Gasteiger partial charge >= 0.3 is 0 Å². The second-order valence-corrected chi connectivity index (χ2v) is 6.20. The van der Waals surface area contributed by atoms with Gasteiger partial charge in [-0.15, -0.1) is 0 Å². The molecule has 1 N–H and O–H groups in total. The first-order valence-corrected chi connectivity index (χ1v) is 8.86. The molecule has 0 aliphatic rings. The Hall–Kier alpha value is -2.34. The molecule has 5 nitrogen and oxygen atoms in total. The summed E-state index contributed by atoms with van der Waals surface area (Å²) in [5, 5.41) is 3.96. The SMILES string of the molecule is CCCOc1ccc(/C=N\NC(=O)[C@@H](C)Oc2ccccc2Br)cc1. The van der Waals surface area contributed by atoms with Crippen LogP contribution in [0.5, 0.6) is 11.5 Å². The van der Waals surface area contributed by atoms with Gasteiger partial charge in [-0.05, 0) is 71.2 Å². The standard InChI is InChI=1S/C19H21BrN2O3/c1-3-12-24-16-10-8-15(9-11-16)13-21-22-19(23)14(2)25-18-7-5-4-6-17(18)20/h4-11,13-14H,3,12H2,1-2H3,(H,22,23)/b21-13-/t14-/m1/s1. The lowest BCUT2D eigenvalue weighted by atomic mass is 10.2. The van der Waals surface area contributed by atoms with Crippen LogP contribution in [0.3, 0.4) is 0 Å². The van der Waals surface area contributed by atoms with Crippen LogP contribution in [0, 0.1) is 0 Å². The molecule has 1 amide bonds. The third kappa shape index (κ3) is 6.23. The van der Waals surface area contributed by atoms with E-state index in [1.807, 2.05) is 42.5 Å². The zero-order valence-electron chi connectivity index (χ0n) is 14.2. The van der Waals surface area contributed by atoms with Crippen molar-refractivity contribution in [3.05, 3.63) is 58.6 Å². The Morgan fingerprint density at radius 3 is 2.64 bits per heavy atom. The van der Waals surface area contributed by atoms with Gasteiger partial charge in [0.2, 0.25) is 0 Å². The first-order valence-electron chi connectivity index (χ1n) is 8.07. The Kier molecular flexibility index (Phi) is 7.47. The maximum Gasteiger partial charge on any atom is 0.280 e. The molecule has 0 radical (unpaired) electrons. The fourth-order valence-corrected chi connectivity index (χ4v) is 2.29. The zero-order chi connectivity index (χ0) is 18.1. The molecular formula is C19H21BrN2O3. The van der Waals surface area contributed by atoms with E-state index in [9.17, 15) is 4.79 Å². The molecule has 0 unspecified atom stereocenters. The number of nitrogens with zero attached hydrogens (tertiary/aromatic N) is 1. The van der Waals surface area contributed by atoms with Gasteiger partial charge in [0, 0.05) is 0 Å². The number of hydrazone groups is 1. The summed E-state index contributed by atoms with van der Waals surface area (Å²) in [5.74, 6) is 1.10. The fraction of sp³-hybridized carbons (Fsp3) is 0.263. The lowest BCUT2D eigenvalue weighted by molar-refractivity contribution is -0.127. The minimum absolute atomic E-state index is 0.324. The molecule has 6 heteroatoms. The van der Waals surface area contributed by atoms with Crippen molar-refractivity contribution in [1.29, 1.82) is 0 Å². The van der Waals surface area contributed by atoms with E-state index in [4.69, 9.17) is 9.47 Å². The Morgan fingerprint density at radius 2 is 1.96 bits per heavy atom. The highest BCUT2D eigenvalue weighted by atomic mass is 79.9. The molecule has 2 aromatic rings. The molecular weight excluding hydrogens is 384 g/mol. The van der Waals surface area contributed by atoms with Gasteiger partial charge in [0.25, 0.3) is 5.91 Å². The molecule has 2 rings (SSSR count). The highest BCUT2D eigenvalue weighted by Gasteiger charge is 2.15. The molecule has 0 saturated carbocycles. The van der Waals surface area contributed by atoms with Gasteiger partial charge in [0.05, 0.1) is 17.3 Å². The average Bonchev–Trinajstić information content (AvgIpc) is 2.62. The molecule has 0 bridgehead atoms. The van der Waals surface area contributed by atoms with Crippen molar-refractivity contribution in [2.24, 2.45) is 5.10 Å². The van der Waals surface area contributed by atoms with Crippen molar-refractivity contribution in [2.75, 3.05) is 6.61 Å². The van der Waals surface area contributed by atoms with Crippen molar-refractivity contribution in [1.82, 2.24) is 5.43 Å². The number of rotatable bonds is 8. The van der Waals surface area contributed by atoms with Crippen molar-refractivity contribution in [3.8, 4) is 11.5 Å². The topological polar surface area (TPSA) is 59.9 Å². The Labute approximate surface area is 156 Å². The van der Waals surface area contributed by atoms with E-state index in [-0.39, 0.29) is 5.91 Å². The molecule has 2 aromatic carbocycles. The summed E-state index contributed by atoms with van der Waals surface area (Å²) in [5.41, 5.74) is 3.34. The van der Waals surface area contributed by atoms with Crippen LogP contribution in [0.2, 0.25) is 0 Å². The van der Waals surface area contributed by atoms with Crippen LogP contribution in [-0.4, -0.2) is 24.8 Å². The van der Waals surface area contributed by atoms with Crippen molar-refractivity contribution in [2.45, 2.75) is 26.4 Å². The summed E-state index contributed by atoms with van der Waals surface area (Å²) in [6.07, 6.45) is 1.88. The quantitative estimate of drug-likeness (QED) is 0.530. The Balaban J connectivity index is 1.84. The monoisotopic (exact) mass is 404 g/mol. The molecule has 0 aliphatic carbocycles. The van der Waals surface area contributed by atoms with E-state index in [1.165, 1.54) is 0 Å². The van der Waals surface area contributed by atoms with Crippen LogP contribution in [0.1, 0.15) is 25.8 Å². The first-order chi connectivity index (χ1) is 12.1. The van der Waals surface area contributed by atoms with Gasteiger partial charge in [-0.1, -0.05) is 19.1 Å². The number of carbonyl (C=O) groups is 1. The van der Waals surface area contributed by atoms with E-state index >= 15 is 0 Å². The number of carbonyl (C=O) groups excluding carboxylic acids is 1. The normalized spacial score (nSPS) is 12.0. The summed E-state index contributed by atoms with van der Waals surface area (Å²) >= 11 is 3.38. The van der Waals surface area contributed by atoms with Crippen LogP contribution < -0.4 is 14.9 Å². The molecule has 0 heterocycles. The number of ether oxygens (including phenoxy) is 2. The average molecular weight is 405 g/mol. The van der Waals surface area contributed by atoms with Crippen molar-refractivity contribution < 1.29 is 14.3 Å². The maximum atomic E-state index is 12.0. The number of benzene rings is 2. The summed E-state index contributed by atoms with van der Waals surface area (Å²) in [7, 11) is 0. The van der Waals surface area contributed by atoms with E-state index in [0.717, 1.165) is 22.2 Å². The van der Waals surface area contributed by atoms with Gasteiger partial charge in [-0.3, -0.25) is 4.79 Å². The van der Waals surface area contributed by atoms with E-state index in [0.29, 0.717) is 12.4 Å². The van der Waals surface area contributed by atoms with Gasteiger partial charge in [0.15, 0.2) is 6.10 Å². The summed E-state index contributed by atoms with van der Waals surface area (Å²) < 4.78 is 11.9. The number of hydrogen-bond donors (Lipinski definition) is 1. The van der Waals surface area contributed by atoms with Crippen LogP contribution in [0.15, 0.2) is 58.1 Å². The largest absolute Gasteiger partial charge is 0.494 e. The minimum atomic E-state index is -0.666. The lowest BCUT2D eigenvalue weighted by Gasteiger charge is -2.13. The van der Waals surface area contributed by atoms with E-state index in [2.05, 4.69) is 33.4 Å². The lowest BCUT2D eigenvalue weighted by Crippen LogP contribution is -2.33. The molecule has 0 fully saturated rings. The van der Waals surface area contributed by atoms with Crippen LogP contribution in [-0.2, 0) is 4.79 Å². The van der Waals surface area contributed by atoms with Crippen LogP contribution in [0.4, 0.5) is 0 Å². The van der Waals surface area contributed by atoms with E-state index in [1.54, 1.807) is 19.2 Å². The van der Waals surface area contributed by atoms with E-state index < -0.39 is 6.10 Å². The predicted octanol–water partition coefficient (Wildman–Crippen LogP) is 4.16. The van der Waals surface area contributed by atoms with Gasteiger partial charge < -0.3 is 9.47 Å². The number of amides is 1. The highest BCUT2D eigenvalue weighted by molar-refractivity contribution is 9.10. The fourth-order valence-electron chi connectivity index (χ4n) is 1.92. The number of nitrogens with one attached hydrogen (secondary N) is 1. The molecule has 25 heavy (non-hydrogen) atoms. The number of hydrogen-bond acceptors (Lipinski definition) is 4. The van der Waals surface area contributed by atoms with Gasteiger partial charge in [-0.25, -0.2) is 5.43 Å². The molecule has 0 saturated heterocycles. The summed E-state index contributed by atoms with van der Waals surface area (Å²) in [4.78, 5) is 12.0. The Morgan fingerprint density at radius 1 is 1.24 bits per heavy atom. The highest BCUT2D eigenvalue weighted by Crippen LogP contribution is 2.24. The Bertz CT molecular complexity index is 717. The van der Waals surface area contributed by atoms with Gasteiger partial charge in [-0.2, -0.15) is 5.10 Å². The maximum absolute atomic E-state index is 12.0. The first kappa shape index (κ1) is 19.0. The molecule has 0 aliphatic heterocycles. The van der Waals surface area contributed by atoms with Crippen molar-refractivity contribution in [3.63, 3.8) is 0 Å². The summed E-state index contributed by atoms with van der Waals surface area (Å²) in [6, 6.07) is 14.9. The minimum Gasteiger partial charge on any atom is -0.494 e. The smallest absolute Gasteiger partial charge is 0.280 e. The molecule has 0 aromatic heterocycles. The molecule has 1 atom stereocenters. The third-order valence-corrected chi connectivity index (χ3v) is 3.91. The van der Waals surface area contributed by atoms with Crippen LogP contribution in [0.25, 0.3) is 0 Å². The number of para-hydroxylation sites is 1. The second-order valence-electron chi connectivity index (χ2n) is 5.34. The zero-order valence-corrected chi connectivity index (χ0v) is 15.8. The third-order valence-electron chi connectivity index (χ3n) is 3.25. The second kappa shape index (κ2) is 9.84. The van der Waals surface area contributed by atoms with Gasteiger partial charge in [0.1, 0.15) is 11.5 Å². The van der Waals surface area contributed by atoms with Crippen molar-refractivity contribution >= 4 is 28.1 Å². The molecule has 132 valence electrons. The molecule has 0 spiro atoms. The summed E-state index contributed by atoms with van der Waals surface area (Å²) in [6.45, 7) is 4.42.